The summed E-state index contributed by atoms with van der Waals surface area (Å²) in [6.45, 7) is 10.4. The molecule has 27 heavy (non-hydrogen) atoms. The van der Waals surface area contributed by atoms with Crippen LogP contribution in [0.15, 0.2) is 18.3 Å². The Balaban J connectivity index is 1.82. The minimum Gasteiger partial charge on any atom is -0.356 e. The van der Waals surface area contributed by atoms with Crippen molar-refractivity contribution in [2.24, 2.45) is 11.8 Å². The van der Waals surface area contributed by atoms with Gasteiger partial charge in [-0.2, -0.15) is 0 Å². The molecule has 3 heterocycles. The summed E-state index contributed by atoms with van der Waals surface area (Å²) >= 11 is 0. The molecule has 148 valence electrons. The Morgan fingerprint density at radius 3 is 2.22 bits per heavy atom. The number of anilines is 1. The van der Waals surface area contributed by atoms with Crippen molar-refractivity contribution in [3.8, 4) is 0 Å². The zero-order valence-electron chi connectivity index (χ0n) is 16.6. The van der Waals surface area contributed by atoms with E-state index in [1.165, 1.54) is 17.2 Å². The SMILES string of the molecule is CC(C)CN1C(=O)N(CC(C)C)C2(CCN(c3ccc(F)cn3)CC2)C1=O. The first kappa shape index (κ1) is 19.6. The van der Waals surface area contributed by atoms with Gasteiger partial charge in [-0.05, 0) is 36.8 Å². The second kappa shape index (κ2) is 7.44. The molecule has 7 heteroatoms. The van der Waals surface area contributed by atoms with Crippen LogP contribution < -0.4 is 4.90 Å². The Hall–Kier alpha value is -2.18. The smallest absolute Gasteiger partial charge is 0.327 e. The number of amides is 3. The number of carbonyl (C=O) groups excluding carboxylic acids is 2. The van der Waals surface area contributed by atoms with Crippen LogP contribution in [0.4, 0.5) is 15.0 Å². The predicted molar refractivity (Wildman–Crippen MR) is 102 cm³/mol. The maximum Gasteiger partial charge on any atom is 0.327 e. The molecule has 0 saturated carbocycles. The van der Waals surface area contributed by atoms with Crippen LogP contribution >= 0.6 is 0 Å². The van der Waals surface area contributed by atoms with Gasteiger partial charge in [0.1, 0.15) is 17.2 Å². The molecular formula is C20H29FN4O2. The number of hydrogen-bond donors (Lipinski definition) is 0. The quantitative estimate of drug-likeness (QED) is 0.741. The molecule has 2 aliphatic rings. The van der Waals surface area contributed by atoms with Crippen LogP contribution in [-0.4, -0.2) is 58.4 Å². The van der Waals surface area contributed by atoms with E-state index in [2.05, 4.69) is 23.7 Å². The van der Waals surface area contributed by atoms with E-state index in [4.69, 9.17) is 0 Å². The van der Waals surface area contributed by atoms with Gasteiger partial charge in [0.05, 0.1) is 6.20 Å². The summed E-state index contributed by atoms with van der Waals surface area (Å²) in [5.74, 6) is 0.800. The number of aromatic nitrogens is 1. The van der Waals surface area contributed by atoms with Gasteiger partial charge in [0, 0.05) is 26.2 Å². The van der Waals surface area contributed by atoms with Gasteiger partial charge in [-0.1, -0.05) is 27.7 Å². The number of hydrogen-bond acceptors (Lipinski definition) is 4. The summed E-state index contributed by atoms with van der Waals surface area (Å²) in [5, 5.41) is 0. The van der Waals surface area contributed by atoms with Gasteiger partial charge in [-0.3, -0.25) is 9.69 Å². The molecule has 0 atom stereocenters. The number of nitrogens with zero attached hydrogens (tertiary/aromatic N) is 4. The summed E-state index contributed by atoms with van der Waals surface area (Å²) in [7, 11) is 0. The van der Waals surface area contributed by atoms with Crippen molar-refractivity contribution in [1.82, 2.24) is 14.8 Å². The number of carbonyl (C=O) groups is 2. The minimum absolute atomic E-state index is 0.0615. The van der Waals surface area contributed by atoms with E-state index in [9.17, 15) is 14.0 Å². The van der Waals surface area contributed by atoms with Gasteiger partial charge in [0.25, 0.3) is 5.91 Å². The second-order valence-electron chi connectivity index (χ2n) is 8.45. The molecule has 1 spiro atoms. The summed E-state index contributed by atoms with van der Waals surface area (Å²) < 4.78 is 13.1. The van der Waals surface area contributed by atoms with Crippen LogP contribution in [0.1, 0.15) is 40.5 Å². The Morgan fingerprint density at radius 2 is 1.70 bits per heavy atom. The van der Waals surface area contributed by atoms with E-state index in [1.54, 1.807) is 11.0 Å². The van der Waals surface area contributed by atoms with Gasteiger partial charge in [0.15, 0.2) is 0 Å². The van der Waals surface area contributed by atoms with Crippen molar-refractivity contribution < 1.29 is 14.0 Å². The summed E-state index contributed by atoms with van der Waals surface area (Å²) in [6.07, 6.45) is 2.34. The molecule has 0 aromatic carbocycles. The van der Waals surface area contributed by atoms with Crippen molar-refractivity contribution in [1.29, 1.82) is 0 Å². The van der Waals surface area contributed by atoms with Crippen LogP contribution in [0.3, 0.4) is 0 Å². The van der Waals surface area contributed by atoms with E-state index in [-0.39, 0.29) is 29.6 Å². The van der Waals surface area contributed by atoms with Crippen molar-refractivity contribution in [2.75, 3.05) is 31.1 Å². The lowest BCUT2D eigenvalue weighted by atomic mass is 9.85. The molecule has 3 amide bonds. The van der Waals surface area contributed by atoms with E-state index in [1.807, 2.05) is 13.8 Å². The highest BCUT2D eigenvalue weighted by atomic mass is 19.1. The number of imide groups is 1. The number of pyridine rings is 1. The Bertz CT molecular complexity index is 696. The third-order valence-electron chi connectivity index (χ3n) is 5.34. The molecule has 2 saturated heterocycles. The highest BCUT2D eigenvalue weighted by molar-refractivity contribution is 6.07. The van der Waals surface area contributed by atoms with Crippen molar-refractivity contribution in [3.05, 3.63) is 24.1 Å². The maximum atomic E-state index is 13.3. The van der Waals surface area contributed by atoms with E-state index in [0.717, 1.165) is 0 Å². The first-order valence-corrected chi connectivity index (χ1v) is 9.74. The monoisotopic (exact) mass is 376 g/mol. The Kier molecular flexibility index (Phi) is 5.40. The van der Waals surface area contributed by atoms with Crippen LogP contribution in [-0.2, 0) is 4.79 Å². The lowest BCUT2D eigenvalue weighted by Gasteiger charge is -2.43. The predicted octanol–water partition coefficient (Wildman–Crippen LogP) is 3.14. The molecule has 0 unspecified atom stereocenters. The molecule has 0 N–H and O–H groups in total. The summed E-state index contributed by atoms with van der Waals surface area (Å²) in [4.78, 5) is 35.8. The van der Waals surface area contributed by atoms with Gasteiger partial charge in [-0.15, -0.1) is 0 Å². The molecule has 1 aromatic rings. The molecule has 2 fully saturated rings. The molecule has 0 radical (unpaired) electrons. The topological polar surface area (TPSA) is 56.8 Å². The zero-order valence-corrected chi connectivity index (χ0v) is 16.6. The highest BCUT2D eigenvalue weighted by Crippen LogP contribution is 2.39. The first-order chi connectivity index (χ1) is 12.7. The van der Waals surface area contributed by atoms with Gasteiger partial charge < -0.3 is 9.80 Å². The Labute approximate surface area is 160 Å². The average Bonchev–Trinajstić information content (AvgIpc) is 2.79. The van der Waals surface area contributed by atoms with Crippen LogP contribution in [0, 0.1) is 17.7 Å². The normalized spacial score (nSPS) is 19.9. The Morgan fingerprint density at radius 1 is 1.07 bits per heavy atom. The second-order valence-corrected chi connectivity index (χ2v) is 8.45. The van der Waals surface area contributed by atoms with Gasteiger partial charge >= 0.3 is 6.03 Å². The third-order valence-corrected chi connectivity index (χ3v) is 5.34. The number of halogens is 1. The van der Waals surface area contributed by atoms with Crippen molar-refractivity contribution >= 4 is 17.8 Å². The van der Waals surface area contributed by atoms with E-state index >= 15 is 0 Å². The van der Waals surface area contributed by atoms with Gasteiger partial charge in [0.2, 0.25) is 0 Å². The summed E-state index contributed by atoms with van der Waals surface area (Å²) in [6, 6.07) is 2.90. The average molecular weight is 376 g/mol. The van der Waals surface area contributed by atoms with Crippen LogP contribution in [0.25, 0.3) is 0 Å². The molecular weight excluding hydrogens is 347 g/mol. The number of urea groups is 1. The molecule has 0 bridgehead atoms. The van der Waals surface area contributed by atoms with Crippen molar-refractivity contribution in [2.45, 2.75) is 46.1 Å². The zero-order chi connectivity index (χ0) is 19.8. The van der Waals surface area contributed by atoms with Crippen LogP contribution in [0.2, 0.25) is 0 Å². The molecule has 3 rings (SSSR count). The molecule has 6 nitrogen and oxygen atoms in total. The van der Waals surface area contributed by atoms with Crippen molar-refractivity contribution in [3.63, 3.8) is 0 Å². The standard InChI is InChI=1S/C20H29FN4O2/c1-14(2)12-24-18(26)20(25(19(24)27)13-15(3)4)7-9-23(10-8-20)17-6-5-16(21)11-22-17/h5-6,11,14-15H,7-10,12-13H2,1-4H3. The number of rotatable bonds is 5. The maximum absolute atomic E-state index is 13.3. The highest BCUT2D eigenvalue weighted by Gasteiger charge is 2.57. The van der Waals surface area contributed by atoms with E-state index < -0.39 is 5.54 Å². The largest absolute Gasteiger partial charge is 0.356 e. The number of piperidine rings is 1. The fourth-order valence-electron chi connectivity index (χ4n) is 4.07. The minimum atomic E-state index is -0.757. The van der Waals surface area contributed by atoms with Gasteiger partial charge in [-0.25, -0.2) is 14.2 Å². The molecule has 2 aliphatic heterocycles. The lowest BCUT2D eigenvalue weighted by Crippen LogP contribution is -2.57. The molecule has 0 aliphatic carbocycles. The van der Waals surface area contributed by atoms with E-state index in [0.29, 0.717) is 44.8 Å². The fraction of sp³-hybridized carbons (Fsp3) is 0.650. The fourth-order valence-corrected chi connectivity index (χ4v) is 4.07. The molecule has 1 aromatic heterocycles. The lowest BCUT2D eigenvalue weighted by molar-refractivity contribution is -0.134. The first-order valence-electron chi connectivity index (χ1n) is 9.74. The van der Waals surface area contributed by atoms with Crippen LogP contribution in [0.5, 0.6) is 0 Å². The summed E-state index contributed by atoms with van der Waals surface area (Å²) in [5.41, 5.74) is -0.757. The third kappa shape index (κ3) is 3.64.